The molecule has 0 radical (unpaired) electrons. The summed E-state index contributed by atoms with van der Waals surface area (Å²) in [6, 6.07) is 0. The molecule has 0 bridgehead atoms. The average Bonchev–Trinajstić information content (AvgIpc) is 3.13. The van der Waals surface area contributed by atoms with E-state index < -0.39 is 11.9 Å². The SMILES string of the molecule is CCNC(=NCc1nncn1C)NCCc1nc(C(F)(F)F)cs1.I. The number of halogens is 4. The predicted octanol–water partition coefficient (Wildman–Crippen LogP) is 2.21. The second-order valence-electron chi connectivity index (χ2n) is 4.85. The number of rotatable bonds is 6. The van der Waals surface area contributed by atoms with Crippen molar-refractivity contribution in [3.8, 4) is 0 Å². The Kier molecular flexibility index (Phi) is 8.55. The quantitative estimate of drug-likeness (QED) is 0.370. The zero-order chi connectivity index (χ0) is 17.6. The van der Waals surface area contributed by atoms with E-state index in [1.807, 2.05) is 14.0 Å². The average molecular weight is 489 g/mol. The van der Waals surface area contributed by atoms with Crippen molar-refractivity contribution in [2.75, 3.05) is 13.1 Å². The number of aromatic nitrogens is 4. The smallest absolute Gasteiger partial charge is 0.357 e. The molecule has 0 fully saturated rings. The number of alkyl halides is 3. The number of aryl methyl sites for hydroxylation is 1. The summed E-state index contributed by atoms with van der Waals surface area (Å²) in [6.45, 7) is 3.37. The Hall–Kier alpha value is -1.44. The fourth-order valence-corrected chi connectivity index (χ4v) is 2.59. The lowest BCUT2D eigenvalue weighted by Crippen LogP contribution is -2.38. The Morgan fingerprint density at radius 3 is 2.68 bits per heavy atom. The van der Waals surface area contributed by atoms with Crippen molar-refractivity contribution in [1.82, 2.24) is 30.4 Å². The summed E-state index contributed by atoms with van der Waals surface area (Å²) >= 11 is 1.00. The minimum Gasteiger partial charge on any atom is -0.357 e. The third kappa shape index (κ3) is 6.76. The van der Waals surface area contributed by atoms with Crippen LogP contribution in [0.3, 0.4) is 0 Å². The summed E-state index contributed by atoms with van der Waals surface area (Å²) in [4.78, 5) is 7.96. The summed E-state index contributed by atoms with van der Waals surface area (Å²) in [7, 11) is 1.83. The summed E-state index contributed by atoms with van der Waals surface area (Å²) in [6.07, 6.45) is -2.42. The lowest BCUT2D eigenvalue weighted by molar-refractivity contribution is -0.140. The first-order chi connectivity index (χ1) is 11.4. The van der Waals surface area contributed by atoms with Crippen molar-refractivity contribution >= 4 is 41.3 Å². The van der Waals surface area contributed by atoms with Crippen molar-refractivity contribution in [3.05, 3.63) is 28.2 Å². The molecule has 0 aliphatic carbocycles. The van der Waals surface area contributed by atoms with Crippen molar-refractivity contribution < 1.29 is 13.2 Å². The standard InChI is InChI=1S/C13H18F3N7S.HI/c1-3-17-12(19-6-10-22-20-8-23(10)2)18-5-4-11-21-9(7-24-11)13(14,15)16;/h7-8H,3-6H2,1-2H3,(H2,17,18,19);1H. The highest BCUT2D eigenvalue weighted by atomic mass is 127. The highest BCUT2D eigenvalue weighted by Gasteiger charge is 2.33. The second-order valence-corrected chi connectivity index (χ2v) is 5.80. The summed E-state index contributed by atoms with van der Waals surface area (Å²) < 4.78 is 39.3. The minimum atomic E-state index is -4.39. The second kappa shape index (κ2) is 9.89. The molecule has 0 amide bonds. The van der Waals surface area contributed by atoms with Crippen molar-refractivity contribution in [2.45, 2.75) is 26.1 Å². The van der Waals surface area contributed by atoms with Gasteiger partial charge in [0.15, 0.2) is 17.5 Å². The van der Waals surface area contributed by atoms with Crippen molar-refractivity contribution in [1.29, 1.82) is 0 Å². The molecule has 2 aromatic heterocycles. The topological polar surface area (TPSA) is 80.0 Å². The van der Waals surface area contributed by atoms with E-state index in [4.69, 9.17) is 0 Å². The Morgan fingerprint density at radius 2 is 2.12 bits per heavy atom. The van der Waals surface area contributed by atoms with E-state index >= 15 is 0 Å². The molecule has 0 unspecified atom stereocenters. The minimum absolute atomic E-state index is 0. The predicted molar refractivity (Wildman–Crippen MR) is 100 cm³/mol. The van der Waals surface area contributed by atoms with Gasteiger partial charge in [-0.1, -0.05) is 0 Å². The first kappa shape index (κ1) is 21.6. The molecule has 2 rings (SSSR count). The Balaban J connectivity index is 0.00000312. The van der Waals surface area contributed by atoms with Gasteiger partial charge in [-0.2, -0.15) is 13.2 Å². The molecule has 140 valence electrons. The first-order valence-electron chi connectivity index (χ1n) is 7.26. The van der Waals surface area contributed by atoms with E-state index in [2.05, 4.69) is 30.8 Å². The monoisotopic (exact) mass is 489 g/mol. The third-order valence-electron chi connectivity index (χ3n) is 3.00. The molecule has 12 heteroatoms. The lowest BCUT2D eigenvalue weighted by Gasteiger charge is -2.10. The van der Waals surface area contributed by atoms with Crippen LogP contribution in [-0.2, 0) is 26.2 Å². The fraction of sp³-hybridized carbons (Fsp3) is 0.538. The van der Waals surface area contributed by atoms with Crippen LogP contribution in [0.5, 0.6) is 0 Å². The van der Waals surface area contributed by atoms with Gasteiger partial charge in [0.25, 0.3) is 0 Å². The molecule has 0 spiro atoms. The number of hydrogen-bond acceptors (Lipinski definition) is 5. The zero-order valence-electron chi connectivity index (χ0n) is 13.7. The van der Waals surface area contributed by atoms with Crippen LogP contribution in [0.4, 0.5) is 13.2 Å². The maximum Gasteiger partial charge on any atom is 0.434 e. The number of nitrogens with one attached hydrogen (secondary N) is 2. The number of thiazole rings is 1. The molecule has 0 aliphatic rings. The molecule has 2 heterocycles. The van der Waals surface area contributed by atoms with Crippen LogP contribution in [0, 0.1) is 0 Å². The Bertz CT molecular complexity index is 683. The summed E-state index contributed by atoms with van der Waals surface area (Å²) in [5, 5.41) is 15.3. The first-order valence-corrected chi connectivity index (χ1v) is 8.14. The van der Waals surface area contributed by atoms with E-state index in [0.29, 0.717) is 42.8 Å². The van der Waals surface area contributed by atoms with Crippen LogP contribution in [0.15, 0.2) is 16.7 Å². The third-order valence-corrected chi connectivity index (χ3v) is 3.91. The van der Waals surface area contributed by atoms with Gasteiger partial charge in [0.1, 0.15) is 12.9 Å². The van der Waals surface area contributed by atoms with E-state index in [1.165, 1.54) is 0 Å². The number of nitrogens with zero attached hydrogens (tertiary/aromatic N) is 5. The maximum absolute atomic E-state index is 12.5. The molecule has 0 saturated carbocycles. The number of hydrogen-bond donors (Lipinski definition) is 2. The van der Waals surface area contributed by atoms with E-state index in [0.717, 1.165) is 16.7 Å². The Labute approximate surface area is 164 Å². The van der Waals surface area contributed by atoms with Crippen LogP contribution in [0.2, 0.25) is 0 Å². The van der Waals surface area contributed by atoms with Gasteiger partial charge in [0.2, 0.25) is 0 Å². The van der Waals surface area contributed by atoms with Crippen molar-refractivity contribution in [3.63, 3.8) is 0 Å². The van der Waals surface area contributed by atoms with Gasteiger partial charge in [-0.05, 0) is 6.92 Å². The van der Waals surface area contributed by atoms with Crippen LogP contribution >= 0.6 is 35.3 Å². The normalized spacial score (nSPS) is 12.0. The molecular formula is C13H19F3IN7S. The van der Waals surface area contributed by atoms with Gasteiger partial charge >= 0.3 is 6.18 Å². The lowest BCUT2D eigenvalue weighted by atomic mass is 10.4. The highest BCUT2D eigenvalue weighted by molar-refractivity contribution is 14.0. The van der Waals surface area contributed by atoms with Gasteiger partial charge < -0.3 is 15.2 Å². The van der Waals surface area contributed by atoms with Crippen LogP contribution in [0.25, 0.3) is 0 Å². The van der Waals surface area contributed by atoms with Gasteiger partial charge in [-0.15, -0.1) is 45.5 Å². The van der Waals surface area contributed by atoms with E-state index in [1.54, 1.807) is 10.9 Å². The van der Waals surface area contributed by atoms with E-state index in [-0.39, 0.29) is 24.0 Å². The zero-order valence-corrected chi connectivity index (χ0v) is 16.8. The summed E-state index contributed by atoms with van der Waals surface area (Å²) in [5.74, 6) is 1.27. The van der Waals surface area contributed by atoms with Gasteiger partial charge in [-0.25, -0.2) is 9.98 Å². The molecule has 7 nitrogen and oxygen atoms in total. The van der Waals surface area contributed by atoms with Crippen LogP contribution in [0.1, 0.15) is 23.4 Å². The molecule has 2 aromatic rings. The highest BCUT2D eigenvalue weighted by Crippen LogP contribution is 2.29. The van der Waals surface area contributed by atoms with Crippen molar-refractivity contribution in [2.24, 2.45) is 12.0 Å². The van der Waals surface area contributed by atoms with Gasteiger partial charge in [0.05, 0.1) is 5.01 Å². The summed E-state index contributed by atoms with van der Waals surface area (Å²) in [5.41, 5.74) is -0.842. The molecule has 2 N–H and O–H groups in total. The maximum atomic E-state index is 12.5. The molecule has 25 heavy (non-hydrogen) atoms. The molecule has 0 saturated heterocycles. The largest absolute Gasteiger partial charge is 0.434 e. The number of aliphatic imine (C=N–C) groups is 1. The Morgan fingerprint density at radius 1 is 1.36 bits per heavy atom. The molecule has 0 atom stereocenters. The molecule has 0 aromatic carbocycles. The van der Waals surface area contributed by atoms with Gasteiger partial charge in [-0.3, -0.25) is 0 Å². The van der Waals surface area contributed by atoms with Gasteiger partial charge in [0, 0.05) is 31.9 Å². The fourth-order valence-electron chi connectivity index (χ4n) is 1.79. The van der Waals surface area contributed by atoms with Crippen LogP contribution < -0.4 is 10.6 Å². The van der Waals surface area contributed by atoms with Crippen LogP contribution in [-0.4, -0.2) is 38.8 Å². The number of guanidine groups is 1. The van der Waals surface area contributed by atoms with E-state index in [9.17, 15) is 13.2 Å². The molecular weight excluding hydrogens is 470 g/mol. The molecule has 0 aliphatic heterocycles.